The molecule has 0 saturated carbocycles. The Kier molecular flexibility index (Phi) is 9.19. The molecule has 5 rings (SSSR count). The molecule has 1 aliphatic carbocycles. The number of carboxylic acid groups (broad SMARTS) is 1. The molecule has 0 unspecified atom stereocenters. The minimum atomic E-state index is -1.26. The van der Waals surface area contributed by atoms with Crippen molar-refractivity contribution < 1.29 is 33.7 Å². The lowest BCUT2D eigenvalue weighted by molar-refractivity contribution is -0.147. The van der Waals surface area contributed by atoms with Crippen LogP contribution in [0.5, 0.6) is 0 Å². The highest BCUT2D eigenvalue weighted by Crippen LogP contribution is 2.44. The zero-order valence-electron chi connectivity index (χ0n) is 23.6. The summed E-state index contributed by atoms with van der Waals surface area (Å²) in [5.41, 5.74) is 4.45. The second kappa shape index (κ2) is 13.2. The monoisotopic (exact) mass is 572 g/mol. The highest BCUT2D eigenvalue weighted by atomic mass is 16.5. The Bertz CT molecular complexity index is 1360. The van der Waals surface area contributed by atoms with Crippen LogP contribution in [0, 0.1) is 0 Å². The van der Waals surface area contributed by atoms with E-state index >= 15 is 0 Å². The summed E-state index contributed by atoms with van der Waals surface area (Å²) in [6, 6.07) is 24.3. The molecule has 1 aliphatic heterocycles. The van der Waals surface area contributed by atoms with Crippen molar-refractivity contribution in [3.05, 3.63) is 95.6 Å². The van der Waals surface area contributed by atoms with Gasteiger partial charge in [0.1, 0.15) is 6.61 Å². The Morgan fingerprint density at radius 1 is 0.929 bits per heavy atom. The number of carbonyl (C=O) groups is 3. The molecule has 3 aromatic rings. The van der Waals surface area contributed by atoms with E-state index < -0.39 is 35.7 Å². The van der Waals surface area contributed by atoms with Crippen molar-refractivity contribution in [2.24, 2.45) is 0 Å². The molecule has 2 aliphatic rings. The summed E-state index contributed by atoms with van der Waals surface area (Å²) in [5, 5.41) is 15.3. The van der Waals surface area contributed by atoms with Gasteiger partial charge in [0.05, 0.1) is 24.7 Å². The summed E-state index contributed by atoms with van der Waals surface area (Å²) in [5.74, 6) is -1.79. The van der Waals surface area contributed by atoms with Crippen LogP contribution in [-0.2, 0) is 30.4 Å². The molecule has 9 nitrogen and oxygen atoms in total. The van der Waals surface area contributed by atoms with Crippen molar-refractivity contribution in [1.29, 1.82) is 0 Å². The lowest BCUT2D eigenvalue weighted by Gasteiger charge is -2.37. The van der Waals surface area contributed by atoms with E-state index in [1.165, 1.54) is 0 Å². The van der Waals surface area contributed by atoms with Gasteiger partial charge in [-0.2, -0.15) is 0 Å². The quantitative estimate of drug-likeness (QED) is 0.306. The van der Waals surface area contributed by atoms with E-state index in [9.17, 15) is 19.5 Å². The third-order valence-corrected chi connectivity index (χ3v) is 8.07. The number of fused-ring (bicyclic) bond motifs is 3. The van der Waals surface area contributed by atoms with Gasteiger partial charge in [-0.15, -0.1) is 0 Å². The fourth-order valence-corrected chi connectivity index (χ4v) is 5.77. The molecule has 3 N–H and O–H groups in total. The first-order chi connectivity index (χ1) is 20.3. The number of hydrogen-bond acceptors (Lipinski definition) is 6. The van der Waals surface area contributed by atoms with Crippen molar-refractivity contribution in [3.8, 4) is 11.1 Å². The van der Waals surface area contributed by atoms with E-state index in [-0.39, 0.29) is 25.6 Å². The Hall–Kier alpha value is -4.21. The van der Waals surface area contributed by atoms with Crippen LogP contribution >= 0.6 is 0 Å². The molecule has 1 saturated heterocycles. The third kappa shape index (κ3) is 6.80. The average Bonchev–Trinajstić information content (AvgIpc) is 3.32. The Morgan fingerprint density at radius 2 is 1.52 bits per heavy atom. The molecule has 0 aromatic heterocycles. The molecular formula is C33H36N2O7. The van der Waals surface area contributed by atoms with Crippen LogP contribution in [0.1, 0.15) is 48.8 Å². The maximum atomic E-state index is 13.2. The smallest absolute Gasteiger partial charge is 0.407 e. The normalized spacial score (nSPS) is 16.9. The van der Waals surface area contributed by atoms with Crippen LogP contribution in [0.4, 0.5) is 4.79 Å². The van der Waals surface area contributed by atoms with E-state index in [4.69, 9.17) is 14.2 Å². The van der Waals surface area contributed by atoms with E-state index in [1.54, 1.807) is 6.92 Å². The van der Waals surface area contributed by atoms with Crippen LogP contribution in [0.15, 0.2) is 78.9 Å². The largest absolute Gasteiger partial charge is 0.480 e. The second-order valence-electron chi connectivity index (χ2n) is 10.9. The topological polar surface area (TPSA) is 123 Å². The molecule has 3 aromatic carbocycles. The molecular weight excluding hydrogens is 536 g/mol. The maximum Gasteiger partial charge on any atom is 0.407 e. The van der Waals surface area contributed by atoms with Crippen LogP contribution in [0.25, 0.3) is 11.1 Å². The van der Waals surface area contributed by atoms with Crippen LogP contribution in [0.2, 0.25) is 0 Å². The summed E-state index contributed by atoms with van der Waals surface area (Å²) in [7, 11) is 0. The number of alkyl carbamates (subject to hydrolysis) is 1. The number of carbonyl (C=O) groups excluding carboxylic acids is 2. The average molecular weight is 573 g/mol. The molecule has 42 heavy (non-hydrogen) atoms. The predicted octanol–water partition coefficient (Wildman–Crippen LogP) is 4.64. The Morgan fingerprint density at radius 3 is 2.14 bits per heavy atom. The lowest BCUT2D eigenvalue weighted by atomic mass is 9.86. The number of nitrogens with one attached hydrogen (secondary N) is 2. The molecule has 0 bridgehead atoms. The van der Waals surface area contributed by atoms with Gasteiger partial charge < -0.3 is 30.0 Å². The zero-order valence-corrected chi connectivity index (χ0v) is 23.6. The highest BCUT2D eigenvalue weighted by Gasteiger charge is 2.39. The van der Waals surface area contributed by atoms with E-state index in [0.717, 1.165) is 27.8 Å². The van der Waals surface area contributed by atoms with E-state index in [0.29, 0.717) is 26.1 Å². The second-order valence-corrected chi connectivity index (χ2v) is 10.9. The fraction of sp³-hybridized carbons (Fsp3) is 0.364. The summed E-state index contributed by atoms with van der Waals surface area (Å²) in [4.78, 5) is 38.3. The minimum Gasteiger partial charge on any atom is -0.480 e. The van der Waals surface area contributed by atoms with Crippen LogP contribution in [0.3, 0.4) is 0 Å². The molecule has 2 amide bonds. The summed E-state index contributed by atoms with van der Waals surface area (Å²) < 4.78 is 17.0. The number of amides is 2. The Balaban J connectivity index is 1.20. The van der Waals surface area contributed by atoms with Gasteiger partial charge in [0, 0.05) is 19.1 Å². The summed E-state index contributed by atoms with van der Waals surface area (Å²) in [6.45, 7) is 2.69. The fourth-order valence-electron chi connectivity index (χ4n) is 5.77. The van der Waals surface area contributed by atoms with Crippen molar-refractivity contribution >= 4 is 18.0 Å². The molecule has 1 heterocycles. The lowest BCUT2D eigenvalue weighted by Crippen LogP contribution is -2.56. The van der Waals surface area contributed by atoms with Gasteiger partial charge in [0.2, 0.25) is 5.91 Å². The van der Waals surface area contributed by atoms with Gasteiger partial charge in [0.15, 0.2) is 6.04 Å². The van der Waals surface area contributed by atoms with Gasteiger partial charge in [0.25, 0.3) is 0 Å². The maximum absolute atomic E-state index is 13.2. The zero-order chi connectivity index (χ0) is 29.5. The molecule has 2 atom stereocenters. The number of hydrogen-bond donors (Lipinski definition) is 3. The highest BCUT2D eigenvalue weighted by molar-refractivity contribution is 5.85. The number of carboxylic acids is 1. The SMILES string of the molecule is C[C@H](OCc1ccccc1)[C@@H](NC(=O)CC1(NC(=O)OCC2c3ccccc3-c3ccccc32)CCOCC1)C(=O)O. The summed E-state index contributed by atoms with van der Waals surface area (Å²) in [6.07, 6.45) is -0.742. The van der Waals surface area contributed by atoms with E-state index in [1.807, 2.05) is 54.6 Å². The number of rotatable bonds is 11. The van der Waals surface area contributed by atoms with Crippen molar-refractivity contribution in [2.45, 2.75) is 56.4 Å². The molecule has 220 valence electrons. The van der Waals surface area contributed by atoms with E-state index in [2.05, 4.69) is 34.9 Å². The minimum absolute atomic E-state index is 0.0919. The first kappa shape index (κ1) is 29.3. The van der Waals surface area contributed by atoms with Crippen molar-refractivity contribution in [2.75, 3.05) is 19.8 Å². The van der Waals surface area contributed by atoms with Gasteiger partial charge in [-0.25, -0.2) is 9.59 Å². The van der Waals surface area contributed by atoms with Gasteiger partial charge in [-0.05, 0) is 47.6 Å². The number of benzene rings is 3. The van der Waals surface area contributed by atoms with Crippen molar-refractivity contribution in [1.82, 2.24) is 10.6 Å². The Labute approximate surface area is 245 Å². The van der Waals surface area contributed by atoms with Crippen LogP contribution < -0.4 is 10.6 Å². The molecule has 0 radical (unpaired) electrons. The van der Waals surface area contributed by atoms with Gasteiger partial charge in [-0.1, -0.05) is 78.9 Å². The standard InChI is InChI=1S/C33H36N2O7/c1-22(41-20-23-9-3-2-4-10-23)30(31(37)38)34-29(36)19-33(15-17-40-18-16-33)35-32(39)42-21-28-26-13-7-5-11-24(26)25-12-6-8-14-27(25)28/h2-14,22,28,30H,15-21H2,1H3,(H,34,36)(H,35,39)(H,37,38)/t22-,30+/m0/s1. The first-order valence-corrected chi connectivity index (χ1v) is 14.2. The first-order valence-electron chi connectivity index (χ1n) is 14.2. The summed E-state index contributed by atoms with van der Waals surface area (Å²) >= 11 is 0. The third-order valence-electron chi connectivity index (χ3n) is 8.07. The van der Waals surface area contributed by atoms with Crippen molar-refractivity contribution in [3.63, 3.8) is 0 Å². The molecule has 9 heteroatoms. The number of ether oxygens (including phenoxy) is 3. The molecule has 1 fully saturated rings. The number of aliphatic carboxylic acids is 1. The van der Waals surface area contributed by atoms with Crippen LogP contribution in [-0.4, -0.2) is 60.6 Å². The van der Waals surface area contributed by atoms with Gasteiger partial charge in [-0.3, -0.25) is 4.79 Å². The van der Waals surface area contributed by atoms with Gasteiger partial charge >= 0.3 is 12.1 Å². The molecule has 0 spiro atoms. The predicted molar refractivity (Wildman–Crippen MR) is 156 cm³/mol.